The lowest BCUT2D eigenvalue weighted by molar-refractivity contribution is -0.127. The molecule has 2 aromatic heterocycles. The van der Waals surface area contributed by atoms with E-state index in [4.69, 9.17) is 11.6 Å². The number of nitrogens with zero attached hydrogens (tertiary/aromatic N) is 2. The SMILES string of the molecule is Cc1cc(/C=C2/SC(=O)N(CC(=O)Nc3ccccc3Cl)C2=O)c(C)n1-c1sc2c(c1C(=O)Nc1ccccc1)CCCC2. The summed E-state index contributed by atoms with van der Waals surface area (Å²) in [7, 11) is 0. The lowest BCUT2D eigenvalue weighted by Gasteiger charge is -2.14. The average molecular weight is 645 g/mol. The number of benzene rings is 2. The van der Waals surface area contributed by atoms with Crippen LogP contribution in [-0.4, -0.2) is 39.0 Å². The standard InChI is InChI=1S/C33H29ClN4O4S2/c1-19-16-21(17-27-31(41)37(33(42)44-27)18-28(39)36-25-14-8-7-13-24(25)34)20(2)38(19)32-29(23-12-6-9-15-26(23)43-32)30(40)35-22-10-4-3-5-11-22/h3-5,7-8,10-11,13-14,16-17H,6,9,12,15,18H2,1-2H3,(H,35,40)(H,36,39)/b27-17+. The lowest BCUT2D eigenvalue weighted by atomic mass is 9.95. The largest absolute Gasteiger partial charge is 0.323 e. The summed E-state index contributed by atoms with van der Waals surface area (Å²) in [5.41, 5.74) is 5.44. The van der Waals surface area contributed by atoms with Gasteiger partial charge in [0.1, 0.15) is 11.5 Å². The van der Waals surface area contributed by atoms with E-state index in [1.165, 1.54) is 4.88 Å². The Balaban J connectivity index is 1.28. The number of imide groups is 1. The molecule has 4 aromatic rings. The Morgan fingerprint density at radius 3 is 2.48 bits per heavy atom. The molecule has 2 aromatic carbocycles. The molecule has 44 heavy (non-hydrogen) atoms. The van der Waals surface area contributed by atoms with Gasteiger partial charge in [0, 0.05) is 22.0 Å². The third kappa shape index (κ3) is 5.85. The van der Waals surface area contributed by atoms with E-state index in [1.807, 2.05) is 50.2 Å². The molecule has 224 valence electrons. The van der Waals surface area contributed by atoms with Gasteiger partial charge in [-0.1, -0.05) is 41.9 Å². The number of fused-ring (bicyclic) bond motifs is 1. The van der Waals surface area contributed by atoms with Crippen LogP contribution in [0.25, 0.3) is 11.1 Å². The monoisotopic (exact) mass is 644 g/mol. The highest BCUT2D eigenvalue weighted by Crippen LogP contribution is 2.40. The van der Waals surface area contributed by atoms with E-state index in [1.54, 1.807) is 41.7 Å². The van der Waals surface area contributed by atoms with Crippen LogP contribution in [0.1, 0.15) is 50.6 Å². The van der Waals surface area contributed by atoms with Gasteiger partial charge in [0.15, 0.2) is 0 Å². The number of nitrogens with one attached hydrogen (secondary N) is 2. The molecule has 2 aliphatic rings. The number of carbonyl (C=O) groups is 4. The number of hydrogen-bond acceptors (Lipinski definition) is 6. The van der Waals surface area contributed by atoms with E-state index in [-0.39, 0.29) is 10.8 Å². The Hall–Kier alpha value is -4.12. The van der Waals surface area contributed by atoms with Gasteiger partial charge in [-0.15, -0.1) is 11.3 Å². The minimum Gasteiger partial charge on any atom is -0.323 e. The van der Waals surface area contributed by atoms with Crippen molar-refractivity contribution in [3.63, 3.8) is 0 Å². The molecule has 0 saturated carbocycles. The second-order valence-corrected chi connectivity index (χ2v) is 13.2. The summed E-state index contributed by atoms with van der Waals surface area (Å²) in [4.78, 5) is 54.8. The summed E-state index contributed by atoms with van der Waals surface area (Å²) < 4.78 is 2.07. The summed E-state index contributed by atoms with van der Waals surface area (Å²) in [6.45, 7) is 3.48. The number of carbonyl (C=O) groups excluding carboxylic acids is 4. The number of amides is 4. The zero-order valence-corrected chi connectivity index (χ0v) is 26.5. The van der Waals surface area contributed by atoms with Crippen LogP contribution in [0, 0.1) is 13.8 Å². The van der Waals surface area contributed by atoms with Crippen LogP contribution < -0.4 is 10.6 Å². The van der Waals surface area contributed by atoms with E-state index in [0.29, 0.717) is 16.3 Å². The molecule has 2 N–H and O–H groups in total. The summed E-state index contributed by atoms with van der Waals surface area (Å²) >= 11 is 8.57. The molecule has 1 saturated heterocycles. The van der Waals surface area contributed by atoms with Gasteiger partial charge in [0.05, 0.1) is 21.2 Å². The smallest absolute Gasteiger partial charge is 0.294 e. The molecule has 11 heteroatoms. The van der Waals surface area contributed by atoms with E-state index in [0.717, 1.165) is 75.5 Å². The number of aromatic nitrogens is 1. The number of rotatable bonds is 7. The minimum atomic E-state index is -0.534. The van der Waals surface area contributed by atoms with Gasteiger partial charge >= 0.3 is 0 Å². The maximum atomic E-state index is 13.7. The molecule has 0 unspecified atom stereocenters. The van der Waals surface area contributed by atoms with Gasteiger partial charge in [0.25, 0.3) is 17.1 Å². The van der Waals surface area contributed by atoms with Crippen molar-refractivity contribution in [1.82, 2.24) is 9.47 Å². The fourth-order valence-electron chi connectivity index (χ4n) is 5.58. The predicted molar refractivity (Wildman–Crippen MR) is 177 cm³/mol. The van der Waals surface area contributed by atoms with Crippen molar-refractivity contribution in [1.29, 1.82) is 0 Å². The Morgan fingerprint density at radius 1 is 0.977 bits per heavy atom. The van der Waals surface area contributed by atoms with Crippen molar-refractivity contribution in [2.45, 2.75) is 39.5 Å². The van der Waals surface area contributed by atoms with Crippen molar-refractivity contribution in [3.05, 3.63) is 104 Å². The summed E-state index contributed by atoms with van der Waals surface area (Å²) in [5.74, 6) is -1.20. The summed E-state index contributed by atoms with van der Waals surface area (Å²) in [6, 6.07) is 18.1. The highest BCUT2D eigenvalue weighted by Gasteiger charge is 2.37. The molecule has 4 amide bonds. The maximum absolute atomic E-state index is 13.7. The van der Waals surface area contributed by atoms with E-state index >= 15 is 0 Å². The molecule has 1 aliphatic carbocycles. The normalized spacial score (nSPS) is 15.5. The van der Waals surface area contributed by atoms with Gasteiger partial charge in [-0.3, -0.25) is 24.1 Å². The van der Waals surface area contributed by atoms with E-state index < -0.39 is 23.6 Å². The number of aryl methyl sites for hydroxylation is 2. The van der Waals surface area contributed by atoms with Crippen LogP contribution in [0.3, 0.4) is 0 Å². The summed E-state index contributed by atoms with van der Waals surface area (Å²) in [5, 5.41) is 6.41. The van der Waals surface area contributed by atoms with Crippen LogP contribution in [0.2, 0.25) is 5.02 Å². The Kier molecular flexibility index (Phi) is 8.48. The number of thiophene rings is 1. The van der Waals surface area contributed by atoms with Crippen molar-refractivity contribution >= 4 is 75.1 Å². The molecular weight excluding hydrogens is 616 g/mol. The van der Waals surface area contributed by atoms with Gasteiger partial charge < -0.3 is 15.2 Å². The lowest BCUT2D eigenvalue weighted by Crippen LogP contribution is -2.36. The first-order chi connectivity index (χ1) is 21.2. The van der Waals surface area contributed by atoms with Gasteiger partial charge in [-0.05, 0) is 98.8 Å². The number of hydrogen-bond donors (Lipinski definition) is 2. The number of thioether (sulfide) groups is 1. The molecule has 1 aliphatic heterocycles. The number of para-hydroxylation sites is 2. The van der Waals surface area contributed by atoms with Crippen LogP contribution >= 0.6 is 34.7 Å². The molecule has 3 heterocycles. The first-order valence-electron chi connectivity index (χ1n) is 14.2. The zero-order chi connectivity index (χ0) is 31.0. The van der Waals surface area contributed by atoms with Crippen molar-refractivity contribution in [2.24, 2.45) is 0 Å². The first-order valence-corrected chi connectivity index (χ1v) is 16.2. The molecule has 0 bridgehead atoms. The Morgan fingerprint density at radius 2 is 1.70 bits per heavy atom. The molecule has 0 atom stereocenters. The van der Waals surface area contributed by atoms with Crippen LogP contribution in [0.15, 0.2) is 65.6 Å². The highest BCUT2D eigenvalue weighted by molar-refractivity contribution is 8.18. The zero-order valence-electron chi connectivity index (χ0n) is 24.1. The van der Waals surface area contributed by atoms with Crippen LogP contribution in [-0.2, 0) is 22.4 Å². The molecule has 1 fully saturated rings. The third-order valence-electron chi connectivity index (χ3n) is 7.69. The van der Waals surface area contributed by atoms with E-state index in [2.05, 4.69) is 15.2 Å². The van der Waals surface area contributed by atoms with Crippen molar-refractivity contribution in [3.8, 4) is 5.00 Å². The second kappa shape index (κ2) is 12.5. The predicted octanol–water partition coefficient (Wildman–Crippen LogP) is 7.62. The van der Waals surface area contributed by atoms with E-state index in [9.17, 15) is 19.2 Å². The number of anilines is 2. The molecular formula is C33H29ClN4O4S2. The fourth-order valence-corrected chi connectivity index (χ4v) is 8.09. The van der Waals surface area contributed by atoms with Gasteiger partial charge in [-0.2, -0.15) is 0 Å². The minimum absolute atomic E-state index is 0.143. The second-order valence-electron chi connectivity index (χ2n) is 10.7. The molecule has 6 rings (SSSR count). The topological polar surface area (TPSA) is 101 Å². The van der Waals surface area contributed by atoms with Crippen molar-refractivity contribution < 1.29 is 19.2 Å². The number of halogens is 1. The van der Waals surface area contributed by atoms with Gasteiger partial charge in [0.2, 0.25) is 5.91 Å². The third-order valence-corrected chi connectivity index (χ3v) is 10.2. The Labute approximate surface area is 268 Å². The highest BCUT2D eigenvalue weighted by atomic mass is 35.5. The van der Waals surface area contributed by atoms with Crippen LogP contribution in [0.5, 0.6) is 0 Å². The van der Waals surface area contributed by atoms with Crippen LogP contribution in [0.4, 0.5) is 16.2 Å². The van der Waals surface area contributed by atoms with Gasteiger partial charge in [-0.25, -0.2) is 0 Å². The first kappa shape index (κ1) is 29.9. The quantitative estimate of drug-likeness (QED) is 0.202. The Bertz CT molecular complexity index is 1840. The maximum Gasteiger partial charge on any atom is 0.294 e. The molecule has 8 nitrogen and oxygen atoms in total. The van der Waals surface area contributed by atoms with Crippen molar-refractivity contribution in [2.75, 3.05) is 17.2 Å². The molecule has 0 radical (unpaired) electrons. The summed E-state index contributed by atoms with van der Waals surface area (Å²) in [6.07, 6.45) is 5.61. The fraction of sp³-hybridized carbons (Fsp3) is 0.212. The average Bonchev–Trinajstić information content (AvgIpc) is 3.60. The molecule has 0 spiro atoms.